The quantitative estimate of drug-likeness (QED) is 0.763. The number of carboxylic acid groups (broad SMARTS) is 1. The first-order valence-electron chi connectivity index (χ1n) is 7.15. The number of nitrogens with two attached hydrogens (primary N) is 1. The zero-order valence-corrected chi connectivity index (χ0v) is 12.3. The molecule has 3 N–H and O–H groups in total. The van der Waals surface area contributed by atoms with Gasteiger partial charge in [0.2, 0.25) is 0 Å². The third-order valence-electron chi connectivity index (χ3n) is 3.30. The Hall–Kier alpha value is -2.31. The molecule has 116 valence electrons. The predicted molar refractivity (Wildman–Crippen MR) is 82.8 cm³/mol. The van der Waals surface area contributed by atoms with E-state index in [-0.39, 0.29) is 0 Å². The van der Waals surface area contributed by atoms with Crippen molar-refractivity contribution < 1.29 is 9.90 Å². The van der Waals surface area contributed by atoms with Gasteiger partial charge in [-0.2, -0.15) is 0 Å². The van der Waals surface area contributed by atoms with Crippen molar-refractivity contribution >= 4 is 5.97 Å². The molecule has 22 heavy (non-hydrogen) atoms. The first-order valence-corrected chi connectivity index (χ1v) is 7.15. The Labute approximate surface area is 129 Å². The summed E-state index contributed by atoms with van der Waals surface area (Å²) >= 11 is 0. The molecule has 0 saturated carbocycles. The monoisotopic (exact) mass is 300 g/mol. The summed E-state index contributed by atoms with van der Waals surface area (Å²) in [5.41, 5.74) is 7.46. The number of nitrogens with zero attached hydrogens (tertiary/aromatic N) is 3. The normalized spacial score (nSPS) is 12.3. The maximum absolute atomic E-state index is 10.9. The van der Waals surface area contributed by atoms with Crippen molar-refractivity contribution in [2.75, 3.05) is 6.54 Å². The number of rotatable bonds is 8. The molecule has 6 heteroatoms. The van der Waals surface area contributed by atoms with Crippen LogP contribution in [0.4, 0.5) is 0 Å². The molecular formula is C16H20N4O2. The van der Waals surface area contributed by atoms with E-state index in [0.717, 1.165) is 11.4 Å². The predicted octanol–water partition coefficient (Wildman–Crippen LogP) is 1.28. The zero-order valence-electron chi connectivity index (χ0n) is 12.3. The molecule has 2 heterocycles. The van der Waals surface area contributed by atoms with Crippen LogP contribution in [0.5, 0.6) is 0 Å². The van der Waals surface area contributed by atoms with Crippen LogP contribution >= 0.6 is 0 Å². The molecule has 0 spiro atoms. The number of hydrogen-bond donors (Lipinski definition) is 2. The van der Waals surface area contributed by atoms with E-state index in [1.54, 1.807) is 12.4 Å². The Bertz CT molecular complexity index is 536. The van der Waals surface area contributed by atoms with Crippen LogP contribution in [-0.2, 0) is 17.9 Å². The van der Waals surface area contributed by atoms with Crippen LogP contribution in [-0.4, -0.2) is 38.5 Å². The van der Waals surface area contributed by atoms with Crippen LogP contribution in [0.3, 0.4) is 0 Å². The lowest BCUT2D eigenvalue weighted by molar-refractivity contribution is -0.138. The fraction of sp³-hybridized carbons (Fsp3) is 0.312. The summed E-state index contributed by atoms with van der Waals surface area (Å²) in [7, 11) is 0. The van der Waals surface area contributed by atoms with Crippen molar-refractivity contribution in [1.29, 1.82) is 0 Å². The molecule has 2 aromatic rings. The van der Waals surface area contributed by atoms with Gasteiger partial charge in [0.25, 0.3) is 0 Å². The Morgan fingerprint density at radius 1 is 1.09 bits per heavy atom. The van der Waals surface area contributed by atoms with Crippen LogP contribution in [0.25, 0.3) is 0 Å². The highest BCUT2D eigenvalue weighted by atomic mass is 16.4. The standard InChI is InChI=1S/C16H20N4O2/c17-15(16(21)22)7-10-20(11-13-5-1-3-8-18-13)12-14-6-2-4-9-19-14/h1-6,8-9,15H,7,10-12,17H2,(H,21,22)/t15-/m0/s1. The molecule has 0 aliphatic rings. The highest BCUT2D eigenvalue weighted by molar-refractivity contribution is 5.72. The molecule has 6 nitrogen and oxygen atoms in total. The molecule has 0 aliphatic heterocycles. The molecule has 2 rings (SSSR count). The fourth-order valence-electron chi connectivity index (χ4n) is 2.10. The average molecular weight is 300 g/mol. The van der Waals surface area contributed by atoms with Crippen LogP contribution in [0.15, 0.2) is 48.8 Å². The molecule has 0 bridgehead atoms. The largest absolute Gasteiger partial charge is 0.480 e. The molecule has 0 fully saturated rings. The topological polar surface area (TPSA) is 92.3 Å². The van der Waals surface area contributed by atoms with Crippen LogP contribution in [0, 0.1) is 0 Å². The molecule has 0 aliphatic carbocycles. The lowest BCUT2D eigenvalue weighted by Crippen LogP contribution is -2.35. The van der Waals surface area contributed by atoms with Gasteiger partial charge in [-0.15, -0.1) is 0 Å². The number of aliphatic carboxylic acids is 1. The van der Waals surface area contributed by atoms with E-state index in [9.17, 15) is 4.79 Å². The fourth-order valence-corrected chi connectivity index (χ4v) is 2.10. The van der Waals surface area contributed by atoms with Crippen molar-refractivity contribution in [2.45, 2.75) is 25.6 Å². The number of pyridine rings is 2. The molecule has 0 radical (unpaired) electrons. The van der Waals surface area contributed by atoms with Gasteiger partial charge in [-0.3, -0.25) is 19.7 Å². The highest BCUT2D eigenvalue weighted by Gasteiger charge is 2.15. The van der Waals surface area contributed by atoms with E-state index in [2.05, 4.69) is 14.9 Å². The summed E-state index contributed by atoms with van der Waals surface area (Å²) in [6.45, 7) is 1.83. The van der Waals surface area contributed by atoms with Gasteiger partial charge in [-0.25, -0.2) is 0 Å². The second kappa shape index (κ2) is 8.21. The second-order valence-electron chi connectivity index (χ2n) is 5.09. The lowest BCUT2D eigenvalue weighted by Gasteiger charge is -2.22. The lowest BCUT2D eigenvalue weighted by atomic mass is 10.2. The molecule has 0 aromatic carbocycles. The van der Waals surface area contributed by atoms with E-state index < -0.39 is 12.0 Å². The Kier molecular flexibility index (Phi) is 6.00. The SMILES string of the molecule is N[C@@H](CCN(Cc1ccccn1)Cc1ccccn1)C(=O)O. The van der Waals surface area contributed by atoms with Gasteiger partial charge in [0.05, 0.1) is 11.4 Å². The van der Waals surface area contributed by atoms with Crippen LogP contribution < -0.4 is 5.73 Å². The summed E-state index contributed by atoms with van der Waals surface area (Å²) < 4.78 is 0. The summed E-state index contributed by atoms with van der Waals surface area (Å²) in [5, 5.41) is 8.91. The van der Waals surface area contributed by atoms with Gasteiger partial charge in [0.15, 0.2) is 0 Å². The van der Waals surface area contributed by atoms with Crippen molar-refractivity contribution in [3.8, 4) is 0 Å². The molecule has 2 aromatic heterocycles. The van der Waals surface area contributed by atoms with Crippen molar-refractivity contribution in [1.82, 2.24) is 14.9 Å². The zero-order chi connectivity index (χ0) is 15.8. The van der Waals surface area contributed by atoms with Gasteiger partial charge in [0.1, 0.15) is 6.04 Å². The Morgan fingerprint density at radius 3 is 2.05 bits per heavy atom. The molecule has 0 unspecified atom stereocenters. The summed E-state index contributed by atoms with van der Waals surface area (Å²) in [5.74, 6) is -0.976. The number of carboxylic acids is 1. The highest BCUT2D eigenvalue weighted by Crippen LogP contribution is 2.08. The first kappa shape index (κ1) is 16.1. The van der Waals surface area contributed by atoms with E-state index in [1.165, 1.54) is 0 Å². The van der Waals surface area contributed by atoms with E-state index in [1.807, 2.05) is 36.4 Å². The average Bonchev–Trinajstić information content (AvgIpc) is 2.54. The minimum absolute atomic E-state index is 0.384. The third-order valence-corrected chi connectivity index (χ3v) is 3.30. The third kappa shape index (κ3) is 5.23. The number of carbonyl (C=O) groups is 1. The van der Waals surface area contributed by atoms with Crippen molar-refractivity contribution in [3.05, 3.63) is 60.2 Å². The molecule has 0 saturated heterocycles. The van der Waals surface area contributed by atoms with Crippen LogP contribution in [0.1, 0.15) is 17.8 Å². The molecular weight excluding hydrogens is 280 g/mol. The number of hydrogen-bond acceptors (Lipinski definition) is 5. The number of aromatic nitrogens is 2. The van der Waals surface area contributed by atoms with Gasteiger partial charge in [-0.1, -0.05) is 12.1 Å². The molecule has 0 amide bonds. The summed E-state index contributed by atoms with van der Waals surface area (Å²) in [6, 6.07) is 10.6. The minimum atomic E-state index is -0.976. The van der Waals surface area contributed by atoms with Gasteiger partial charge < -0.3 is 10.8 Å². The second-order valence-corrected chi connectivity index (χ2v) is 5.09. The maximum Gasteiger partial charge on any atom is 0.320 e. The van der Waals surface area contributed by atoms with Crippen molar-refractivity contribution in [3.63, 3.8) is 0 Å². The van der Waals surface area contributed by atoms with E-state index in [4.69, 9.17) is 10.8 Å². The van der Waals surface area contributed by atoms with E-state index in [0.29, 0.717) is 26.1 Å². The van der Waals surface area contributed by atoms with Crippen LogP contribution in [0.2, 0.25) is 0 Å². The summed E-state index contributed by atoms with van der Waals surface area (Å²) in [6.07, 6.45) is 3.88. The molecule has 1 atom stereocenters. The van der Waals surface area contributed by atoms with E-state index >= 15 is 0 Å². The van der Waals surface area contributed by atoms with Crippen molar-refractivity contribution in [2.24, 2.45) is 5.73 Å². The van der Waals surface area contributed by atoms with Gasteiger partial charge in [0, 0.05) is 32.0 Å². The maximum atomic E-state index is 10.9. The Morgan fingerprint density at radius 2 is 1.64 bits per heavy atom. The summed E-state index contributed by atoms with van der Waals surface area (Å²) in [4.78, 5) is 21.6. The minimum Gasteiger partial charge on any atom is -0.480 e. The Balaban J connectivity index is 2.01. The van der Waals surface area contributed by atoms with Gasteiger partial charge in [-0.05, 0) is 30.7 Å². The first-order chi connectivity index (χ1) is 10.6. The van der Waals surface area contributed by atoms with Gasteiger partial charge >= 0.3 is 5.97 Å². The smallest absolute Gasteiger partial charge is 0.320 e.